The summed E-state index contributed by atoms with van der Waals surface area (Å²) in [6.45, 7) is 2.37. The Bertz CT molecular complexity index is 158. The van der Waals surface area contributed by atoms with E-state index in [0.717, 1.165) is 25.6 Å². The lowest BCUT2D eigenvalue weighted by atomic mass is 10.4. The second-order valence-corrected chi connectivity index (χ2v) is 3.43. The van der Waals surface area contributed by atoms with Crippen molar-refractivity contribution in [2.45, 2.75) is 19.3 Å². The predicted octanol–water partition coefficient (Wildman–Crippen LogP) is -0.122. The zero-order chi connectivity index (χ0) is 9.52. The summed E-state index contributed by atoms with van der Waals surface area (Å²) in [5.41, 5.74) is 5.12. The zero-order valence-corrected chi connectivity index (χ0v) is 7.92. The molecule has 4 nitrogen and oxygen atoms in total. The van der Waals surface area contributed by atoms with Crippen LogP contribution in [0.25, 0.3) is 0 Å². The highest BCUT2D eigenvalue weighted by molar-refractivity contribution is 5.77. The molecule has 13 heavy (non-hydrogen) atoms. The van der Waals surface area contributed by atoms with Gasteiger partial charge in [0.15, 0.2) is 0 Å². The molecule has 0 heterocycles. The Morgan fingerprint density at radius 3 is 2.92 bits per heavy atom. The van der Waals surface area contributed by atoms with Crippen LogP contribution < -0.4 is 11.1 Å². The van der Waals surface area contributed by atoms with Crippen molar-refractivity contribution in [1.29, 1.82) is 0 Å². The van der Waals surface area contributed by atoms with Crippen molar-refractivity contribution in [2.24, 2.45) is 11.7 Å². The molecule has 1 saturated carbocycles. The maximum absolute atomic E-state index is 10.7. The second kappa shape index (κ2) is 5.94. The highest BCUT2D eigenvalue weighted by Gasteiger charge is 2.20. The van der Waals surface area contributed by atoms with Crippen molar-refractivity contribution in [3.05, 3.63) is 0 Å². The van der Waals surface area contributed by atoms with E-state index < -0.39 is 0 Å². The van der Waals surface area contributed by atoms with Crippen molar-refractivity contribution in [3.8, 4) is 0 Å². The van der Waals surface area contributed by atoms with Crippen LogP contribution in [0.5, 0.6) is 0 Å². The number of nitrogens with two attached hydrogens (primary N) is 1. The number of carbonyl (C=O) groups is 1. The average molecular weight is 186 g/mol. The van der Waals surface area contributed by atoms with E-state index in [1.807, 2.05) is 0 Å². The van der Waals surface area contributed by atoms with Crippen LogP contribution in [0, 0.1) is 5.92 Å². The number of amides is 1. The summed E-state index contributed by atoms with van der Waals surface area (Å²) in [5, 5.41) is 2.69. The van der Waals surface area contributed by atoms with Gasteiger partial charge in [0.1, 0.15) is 0 Å². The minimum absolute atomic E-state index is 0.0724. The third-order valence-electron chi connectivity index (χ3n) is 2.02. The second-order valence-electron chi connectivity index (χ2n) is 3.43. The first-order valence-corrected chi connectivity index (χ1v) is 4.87. The molecule has 1 amide bonds. The van der Waals surface area contributed by atoms with Crippen LogP contribution in [0.3, 0.4) is 0 Å². The fraction of sp³-hybridized carbons (Fsp3) is 0.889. The molecule has 76 valence electrons. The first kappa shape index (κ1) is 10.5. The Morgan fingerprint density at radius 2 is 2.31 bits per heavy atom. The van der Waals surface area contributed by atoms with Crippen LogP contribution >= 0.6 is 0 Å². The first-order chi connectivity index (χ1) is 6.33. The minimum atomic E-state index is -0.0952. The highest BCUT2D eigenvalue weighted by Crippen LogP contribution is 2.28. The van der Waals surface area contributed by atoms with Crippen molar-refractivity contribution >= 4 is 5.91 Å². The molecule has 0 aromatic heterocycles. The molecule has 0 bridgehead atoms. The van der Waals surface area contributed by atoms with Gasteiger partial charge in [-0.25, -0.2) is 0 Å². The molecule has 0 radical (unpaired) electrons. The molecule has 0 atom stereocenters. The molecular formula is C9H18N2O2. The number of carbonyl (C=O) groups excluding carboxylic acids is 1. The van der Waals surface area contributed by atoms with E-state index in [4.69, 9.17) is 10.5 Å². The van der Waals surface area contributed by atoms with E-state index in [-0.39, 0.29) is 12.5 Å². The quantitative estimate of drug-likeness (QED) is 0.545. The van der Waals surface area contributed by atoms with Gasteiger partial charge in [-0.1, -0.05) is 0 Å². The van der Waals surface area contributed by atoms with Crippen molar-refractivity contribution in [3.63, 3.8) is 0 Å². The number of ether oxygens (including phenoxy) is 1. The summed E-state index contributed by atoms with van der Waals surface area (Å²) < 4.78 is 5.39. The topological polar surface area (TPSA) is 64.4 Å². The number of nitrogens with one attached hydrogen (secondary N) is 1. The third-order valence-corrected chi connectivity index (χ3v) is 2.02. The summed E-state index contributed by atoms with van der Waals surface area (Å²) in [7, 11) is 0. The predicted molar refractivity (Wildman–Crippen MR) is 50.2 cm³/mol. The van der Waals surface area contributed by atoms with E-state index in [0.29, 0.717) is 6.54 Å². The van der Waals surface area contributed by atoms with Crippen molar-refractivity contribution in [1.82, 2.24) is 5.32 Å². The largest absolute Gasteiger partial charge is 0.381 e. The fourth-order valence-electron chi connectivity index (χ4n) is 1.01. The molecule has 0 spiro atoms. The van der Waals surface area contributed by atoms with Gasteiger partial charge >= 0.3 is 0 Å². The summed E-state index contributed by atoms with van der Waals surface area (Å²) >= 11 is 0. The fourth-order valence-corrected chi connectivity index (χ4v) is 1.01. The Morgan fingerprint density at radius 1 is 1.54 bits per heavy atom. The molecule has 0 aromatic rings. The lowest BCUT2D eigenvalue weighted by molar-refractivity contribution is -0.119. The van der Waals surface area contributed by atoms with Gasteiger partial charge in [-0.3, -0.25) is 4.79 Å². The number of rotatable bonds is 7. The zero-order valence-electron chi connectivity index (χ0n) is 7.92. The van der Waals surface area contributed by atoms with Crippen LogP contribution in [-0.4, -0.2) is 32.2 Å². The van der Waals surface area contributed by atoms with Gasteiger partial charge in [-0.05, 0) is 25.2 Å². The lowest BCUT2D eigenvalue weighted by Gasteiger charge is -2.04. The third kappa shape index (κ3) is 5.60. The van der Waals surface area contributed by atoms with E-state index in [1.165, 1.54) is 12.8 Å². The monoisotopic (exact) mass is 186 g/mol. The highest BCUT2D eigenvalue weighted by atomic mass is 16.5. The van der Waals surface area contributed by atoms with E-state index in [2.05, 4.69) is 5.32 Å². The summed E-state index contributed by atoms with van der Waals surface area (Å²) in [6, 6.07) is 0. The summed E-state index contributed by atoms with van der Waals surface area (Å²) in [5.74, 6) is 0.723. The molecule has 0 unspecified atom stereocenters. The average Bonchev–Trinajstić information content (AvgIpc) is 2.94. The van der Waals surface area contributed by atoms with Crippen LogP contribution in [0.1, 0.15) is 19.3 Å². The molecule has 1 aliphatic rings. The Kier molecular flexibility index (Phi) is 4.78. The van der Waals surface area contributed by atoms with Gasteiger partial charge in [0.05, 0.1) is 6.54 Å². The standard InChI is InChI=1S/C9H18N2O2/c10-6-9(12)11-4-1-5-13-7-8-2-3-8/h8H,1-7,10H2,(H,11,12). The SMILES string of the molecule is NCC(=O)NCCCOCC1CC1. The molecule has 4 heteroatoms. The normalized spacial score (nSPS) is 15.8. The van der Waals surface area contributed by atoms with Crippen LogP contribution in [0.4, 0.5) is 0 Å². The summed E-state index contributed by atoms with van der Waals surface area (Å²) in [4.78, 5) is 10.7. The Balaban J connectivity index is 1.75. The van der Waals surface area contributed by atoms with Crippen LogP contribution in [0.15, 0.2) is 0 Å². The Hall–Kier alpha value is -0.610. The molecule has 1 aliphatic carbocycles. The van der Waals surface area contributed by atoms with Gasteiger partial charge in [0, 0.05) is 19.8 Å². The molecular weight excluding hydrogens is 168 g/mol. The van der Waals surface area contributed by atoms with E-state index in [9.17, 15) is 4.79 Å². The van der Waals surface area contributed by atoms with Gasteiger partial charge in [-0.2, -0.15) is 0 Å². The lowest BCUT2D eigenvalue weighted by Crippen LogP contribution is -2.31. The Labute approximate surface area is 78.8 Å². The first-order valence-electron chi connectivity index (χ1n) is 4.87. The number of hydrogen-bond acceptors (Lipinski definition) is 3. The molecule has 1 rings (SSSR count). The summed E-state index contributed by atoms with van der Waals surface area (Å²) in [6.07, 6.45) is 3.52. The van der Waals surface area contributed by atoms with Gasteiger partial charge in [0.25, 0.3) is 0 Å². The molecule has 0 aliphatic heterocycles. The smallest absolute Gasteiger partial charge is 0.233 e. The maximum atomic E-state index is 10.7. The molecule has 3 N–H and O–H groups in total. The van der Waals surface area contributed by atoms with Crippen LogP contribution in [0.2, 0.25) is 0 Å². The van der Waals surface area contributed by atoms with Gasteiger partial charge < -0.3 is 15.8 Å². The number of hydrogen-bond donors (Lipinski definition) is 2. The maximum Gasteiger partial charge on any atom is 0.233 e. The molecule has 0 saturated heterocycles. The van der Waals surface area contributed by atoms with E-state index >= 15 is 0 Å². The van der Waals surface area contributed by atoms with Gasteiger partial charge in [-0.15, -0.1) is 0 Å². The van der Waals surface area contributed by atoms with Crippen molar-refractivity contribution in [2.75, 3.05) is 26.3 Å². The van der Waals surface area contributed by atoms with Crippen LogP contribution in [-0.2, 0) is 9.53 Å². The van der Waals surface area contributed by atoms with Gasteiger partial charge in [0.2, 0.25) is 5.91 Å². The van der Waals surface area contributed by atoms with E-state index in [1.54, 1.807) is 0 Å². The van der Waals surface area contributed by atoms with Crippen molar-refractivity contribution < 1.29 is 9.53 Å². The molecule has 0 aromatic carbocycles. The molecule has 1 fully saturated rings. The minimum Gasteiger partial charge on any atom is -0.381 e.